The molecular weight excluding hydrogens is 394 g/mol. The molecule has 0 aliphatic heterocycles. The number of carbonyl (C=O) groups is 3. The fraction of sp³-hybridized carbons (Fsp3) is 0.150. The van der Waals surface area contributed by atoms with Gasteiger partial charge in [0, 0.05) is 13.0 Å². The van der Waals surface area contributed by atoms with Crippen molar-refractivity contribution < 1.29 is 28.8 Å². The van der Waals surface area contributed by atoms with Gasteiger partial charge in [0.2, 0.25) is 5.91 Å². The van der Waals surface area contributed by atoms with Gasteiger partial charge >= 0.3 is 5.97 Å². The highest BCUT2D eigenvalue weighted by Gasteiger charge is 2.17. The number of nitrogens with zero attached hydrogens (tertiary/aromatic N) is 1. The van der Waals surface area contributed by atoms with Crippen molar-refractivity contribution in [2.45, 2.75) is 6.92 Å². The number of non-ortho nitro benzene ring substituents is 1. The highest BCUT2D eigenvalue weighted by Crippen LogP contribution is 2.28. The topological polar surface area (TPSA) is 137 Å². The first-order chi connectivity index (χ1) is 14.3. The number of carbonyl (C=O) groups excluding carboxylic acids is 3. The second-order valence-corrected chi connectivity index (χ2v) is 5.92. The number of nitro groups is 1. The van der Waals surface area contributed by atoms with Crippen molar-refractivity contribution in [1.29, 1.82) is 0 Å². The quantitative estimate of drug-likeness (QED) is 0.293. The van der Waals surface area contributed by atoms with Gasteiger partial charge < -0.3 is 20.1 Å². The zero-order valence-electron chi connectivity index (χ0n) is 16.2. The number of ether oxygens (including phenoxy) is 2. The Kier molecular flexibility index (Phi) is 7.63. The number of rotatable bonds is 8. The molecule has 0 spiro atoms. The molecule has 156 valence electrons. The summed E-state index contributed by atoms with van der Waals surface area (Å²) < 4.78 is 9.99. The van der Waals surface area contributed by atoms with E-state index in [0.717, 1.165) is 6.07 Å². The summed E-state index contributed by atoms with van der Waals surface area (Å²) >= 11 is 0. The van der Waals surface area contributed by atoms with Crippen LogP contribution in [0.4, 0.5) is 11.4 Å². The summed E-state index contributed by atoms with van der Waals surface area (Å²) in [5.41, 5.74) is 0.487. The number of anilines is 1. The fourth-order valence-electron chi connectivity index (χ4n) is 2.34. The lowest BCUT2D eigenvalue weighted by Crippen LogP contribution is -2.29. The molecule has 0 aliphatic carbocycles. The van der Waals surface area contributed by atoms with Gasteiger partial charge in [-0.1, -0.05) is 30.3 Å². The van der Waals surface area contributed by atoms with Crippen LogP contribution in [0.1, 0.15) is 12.5 Å². The molecule has 0 saturated heterocycles. The Labute approximate surface area is 171 Å². The second kappa shape index (κ2) is 10.4. The minimum atomic E-state index is -0.903. The van der Waals surface area contributed by atoms with Gasteiger partial charge in [-0.2, -0.15) is 0 Å². The number of esters is 1. The lowest BCUT2D eigenvalue weighted by Gasteiger charge is -2.11. The van der Waals surface area contributed by atoms with E-state index in [1.165, 1.54) is 32.2 Å². The smallest absolute Gasteiger partial charge is 0.355 e. The van der Waals surface area contributed by atoms with Crippen molar-refractivity contribution in [3.63, 3.8) is 0 Å². The maximum atomic E-state index is 12.3. The van der Waals surface area contributed by atoms with Crippen molar-refractivity contribution in [1.82, 2.24) is 5.32 Å². The van der Waals surface area contributed by atoms with Crippen molar-refractivity contribution >= 4 is 35.2 Å². The summed E-state index contributed by atoms with van der Waals surface area (Å²) in [6, 6.07) is 12.4. The molecule has 0 heterocycles. The first-order valence-electron chi connectivity index (χ1n) is 8.64. The van der Waals surface area contributed by atoms with Crippen LogP contribution in [0.5, 0.6) is 5.75 Å². The van der Waals surface area contributed by atoms with Crippen LogP contribution in [0, 0.1) is 10.1 Å². The van der Waals surface area contributed by atoms with Crippen molar-refractivity contribution in [2.75, 3.05) is 19.0 Å². The van der Waals surface area contributed by atoms with E-state index in [4.69, 9.17) is 9.47 Å². The molecule has 0 unspecified atom stereocenters. The molecule has 0 aliphatic rings. The van der Waals surface area contributed by atoms with Crippen LogP contribution in [0.2, 0.25) is 0 Å². The number of amides is 2. The zero-order chi connectivity index (χ0) is 22.1. The minimum absolute atomic E-state index is 0.0757. The maximum absolute atomic E-state index is 12.3. The SMILES string of the molecule is COc1cc([N+](=O)[O-])ccc1NC(=O)COC(=O)/C(=C/c1ccccc1)NC(C)=O. The molecular formula is C20H19N3O7. The first kappa shape index (κ1) is 22.1. The van der Waals surface area contributed by atoms with Gasteiger partial charge in [-0.3, -0.25) is 19.7 Å². The minimum Gasteiger partial charge on any atom is -0.494 e. The van der Waals surface area contributed by atoms with E-state index in [0.29, 0.717) is 5.56 Å². The molecule has 0 saturated carbocycles. The Morgan fingerprint density at radius 2 is 1.83 bits per heavy atom. The van der Waals surface area contributed by atoms with E-state index in [-0.39, 0.29) is 22.8 Å². The zero-order valence-corrected chi connectivity index (χ0v) is 16.2. The molecule has 0 bridgehead atoms. The number of hydrogen-bond acceptors (Lipinski definition) is 7. The summed E-state index contributed by atoms with van der Waals surface area (Å²) in [7, 11) is 1.29. The number of nitrogens with one attached hydrogen (secondary N) is 2. The molecule has 0 radical (unpaired) electrons. The van der Waals surface area contributed by atoms with E-state index in [2.05, 4.69) is 10.6 Å². The van der Waals surface area contributed by atoms with E-state index < -0.39 is 29.3 Å². The van der Waals surface area contributed by atoms with E-state index in [9.17, 15) is 24.5 Å². The summed E-state index contributed by atoms with van der Waals surface area (Å²) in [5.74, 6) is -2.00. The van der Waals surface area contributed by atoms with Crippen LogP contribution in [0.25, 0.3) is 6.08 Å². The number of methoxy groups -OCH3 is 1. The standard InChI is InChI=1S/C20H19N3O7/c1-13(24)21-17(10-14-6-4-3-5-7-14)20(26)30-12-19(25)22-16-9-8-15(23(27)28)11-18(16)29-2/h3-11H,12H2,1-2H3,(H,21,24)(H,22,25)/b17-10-. The number of hydrogen-bond donors (Lipinski definition) is 2. The van der Waals surface area contributed by atoms with Gasteiger partial charge in [-0.05, 0) is 17.7 Å². The highest BCUT2D eigenvalue weighted by molar-refractivity contribution is 6.00. The Morgan fingerprint density at radius 3 is 2.43 bits per heavy atom. The van der Waals surface area contributed by atoms with Gasteiger partial charge in [0.05, 0.1) is 23.8 Å². The molecule has 30 heavy (non-hydrogen) atoms. The Hall–Kier alpha value is -4.21. The van der Waals surface area contributed by atoms with Crippen molar-refractivity contribution in [3.8, 4) is 5.75 Å². The van der Waals surface area contributed by atoms with E-state index in [1.807, 2.05) is 0 Å². The average Bonchev–Trinajstić information content (AvgIpc) is 2.72. The Balaban J connectivity index is 2.05. The summed E-state index contributed by atoms with van der Waals surface area (Å²) in [6.07, 6.45) is 1.42. The molecule has 2 rings (SSSR count). The first-order valence-corrected chi connectivity index (χ1v) is 8.64. The number of nitro benzene ring substituents is 1. The van der Waals surface area contributed by atoms with Crippen LogP contribution in [-0.4, -0.2) is 36.4 Å². The predicted octanol–water partition coefficient (Wildman–Crippen LogP) is 2.26. The third-order valence-electron chi connectivity index (χ3n) is 3.65. The molecule has 10 heteroatoms. The Bertz CT molecular complexity index is 987. The van der Waals surface area contributed by atoms with E-state index in [1.54, 1.807) is 30.3 Å². The summed E-state index contributed by atoms with van der Waals surface area (Å²) in [4.78, 5) is 46.0. The lowest BCUT2D eigenvalue weighted by molar-refractivity contribution is -0.384. The fourth-order valence-corrected chi connectivity index (χ4v) is 2.34. The van der Waals surface area contributed by atoms with Gasteiger partial charge in [-0.25, -0.2) is 4.79 Å². The van der Waals surface area contributed by atoms with Crippen LogP contribution in [-0.2, 0) is 19.1 Å². The molecule has 2 amide bonds. The predicted molar refractivity (Wildman–Crippen MR) is 107 cm³/mol. The monoisotopic (exact) mass is 413 g/mol. The highest BCUT2D eigenvalue weighted by atomic mass is 16.6. The molecule has 0 aromatic heterocycles. The number of benzene rings is 2. The van der Waals surface area contributed by atoms with Crippen LogP contribution < -0.4 is 15.4 Å². The van der Waals surface area contributed by atoms with E-state index >= 15 is 0 Å². The van der Waals surface area contributed by atoms with Crippen LogP contribution in [0.3, 0.4) is 0 Å². The molecule has 2 N–H and O–H groups in total. The molecule has 10 nitrogen and oxygen atoms in total. The average molecular weight is 413 g/mol. The molecule has 0 atom stereocenters. The third-order valence-corrected chi connectivity index (χ3v) is 3.65. The summed E-state index contributed by atoms with van der Waals surface area (Å²) in [6.45, 7) is 0.588. The summed E-state index contributed by atoms with van der Waals surface area (Å²) in [5, 5.41) is 15.6. The molecule has 0 fully saturated rings. The van der Waals surface area contributed by atoms with Gasteiger partial charge in [0.25, 0.3) is 11.6 Å². The molecule has 2 aromatic rings. The van der Waals surface area contributed by atoms with Gasteiger partial charge in [0.1, 0.15) is 11.4 Å². The van der Waals surface area contributed by atoms with Crippen molar-refractivity contribution in [2.24, 2.45) is 0 Å². The lowest BCUT2D eigenvalue weighted by atomic mass is 10.2. The second-order valence-electron chi connectivity index (χ2n) is 5.92. The van der Waals surface area contributed by atoms with Gasteiger partial charge in [0.15, 0.2) is 6.61 Å². The van der Waals surface area contributed by atoms with Crippen LogP contribution >= 0.6 is 0 Å². The van der Waals surface area contributed by atoms with Crippen LogP contribution in [0.15, 0.2) is 54.2 Å². The van der Waals surface area contributed by atoms with Gasteiger partial charge in [-0.15, -0.1) is 0 Å². The third kappa shape index (κ3) is 6.44. The normalized spacial score (nSPS) is 10.7. The Morgan fingerprint density at radius 1 is 1.13 bits per heavy atom. The largest absolute Gasteiger partial charge is 0.494 e. The maximum Gasteiger partial charge on any atom is 0.355 e. The van der Waals surface area contributed by atoms with Crippen molar-refractivity contribution in [3.05, 3.63) is 69.9 Å². The molecule has 2 aromatic carbocycles.